The smallest absolute Gasteiger partial charge is 0.165 e. The normalized spacial score (nSPS) is 10.7. The maximum absolute atomic E-state index is 13.4. The average Bonchev–Trinajstić information content (AvgIpc) is 2.80. The predicted molar refractivity (Wildman–Crippen MR) is 72.6 cm³/mol. The highest BCUT2D eigenvalue weighted by atomic mass is 32.1. The molecule has 3 heteroatoms. The van der Waals surface area contributed by atoms with Gasteiger partial charge in [-0.1, -0.05) is 30.3 Å². The molecule has 0 saturated carbocycles. The van der Waals surface area contributed by atoms with Gasteiger partial charge in [-0.2, -0.15) is 0 Å². The van der Waals surface area contributed by atoms with E-state index in [2.05, 4.69) is 18.2 Å². The Bertz CT molecular complexity index is 642. The van der Waals surface area contributed by atoms with E-state index in [4.69, 9.17) is 4.74 Å². The number of para-hydroxylation sites is 1. The molecule has 0 amide bonds. The van der Waals surface area contributed by atoms with Crippen LogP contribution in [0.1, 0.15) is 4.88 Å². The minimum Gasteiger partial charge on any atom is -0.485 e. The molecule has 0 fully saturated rings. The van der Waals surface area contributed by atoms with E-state index in [0.29, 0.717) is 12.4 Å². The van der Waals surface area contributed by atoms with Crippen LogP contribution in [-0.4, -0.2) is 0 Å². The third kappa shape index (κ3) is 2.22. The Labute approximate surface area is 108 Å². The standard InChI is InChI=1S/C15H11FOS/c16-13-6-2-3-7-14(13)17-10-12-9-11-5-1-4-8-15(11)18-12/h1-9H,10H2. The number of benzene rings is 2. The van der Waals surface area contributed by atoms with Crippen molar-refractivity contribution in [3.63, 3.8) is 0 Å². The Morgan fingerprint density at radius 1 is 1.00 bits per heavy atom. The Morgan fingerprint density at radius 2 is 1.78 bits per heavy atom. The third-order valence-electron chi connectivity index (χ3n) is 2.68. The lowest BCUT2D eigenvalue weighted by Gasteiger charge is -2.04. The van der Waals surface area contributed by atoms with Crippen molar-refractivity contribution in [3.05, 3.63) is 65.3 Å². The van der Waals surface area contributed by atoms with Crippen molar-refractivity contribution in [2.24, 2.45) is 0 Å². The fraction of sp³-hybridized carbons (Fsp3) is 0.0667. The van der Waals surface area contributed by atoms with Gasteiger partial charge in [0.1, 0.15) is 6.61 Å². The summed E-state index contributed by atoms with van der Waals surface area (Å²) in [5.41, 5.74) is 0. The molecule has 0 spiro atoms. The second-order valence-electron chi connectivity index (χ2n) is 3.97. The molecule has 0 saturated heterocycles. The first-order valence-corrected chi connectivity index (χ1v) is 6.49. The first-order chi connectivity index (χ1) is 8.83. The van der Waals surface area contributed by atoms with Crippen LogP contribution < -0.4 is 4.74 Å². The summed E-state index contributed by atoms with van der Waals surface area (Å²) in [7, 11) is 0. The summed E-state index contributed by atoms with van der Waals surface area (Å²) < 4.78 is 20.1. The average molecular weight is 258 g/mol. The molecule has 0 aliphatic carbocycles. The van der Waals surface area contributed by atoms with E-state index in [9.17, 15) is 4.39 Å². The van der Waals surface area contributed by atoms with Crippen LogP contribution in [0, 0.1) is 5.82 Å². The van der Waals surface area contributed by atoms with Crippen LogP contribution >= 0.6 is 11.3 Å². The number of ether oxygens (including phenoxy) is 1. The molecular weight excluding hydrogens is 247 g/mol. The molecule has 1 aromatic heterocycles. The molecule has 0 aliphatic rings. The summed E-state index contributed by atoms with van der Waals surface area (Å²) in [6, 6.07) is 16.7. The first-order valence-electron chi connectivity index (χ1n) is 5.68. The van der Waals surface area contributed by atoms with E-state index in [-0.39, 0.29) is 5.82 Å². The second kappa shape index (κ2) is 4.78. The minimum absolute atomic E-state index is 0.301. The molecule has 0 N–H and O–H groups in total. The van der Waals surface area contributed by atoms with Gasteiger partial charge in [0.05, 0.1) is 0 Å². The minimum atomic E-state index is -0.321. The third-order valence-corrected chi connectivity index (χ3v) is 3.77. The van der Waals surface area contributed by atoms with Crippen LogP contribution in [0.3, 0.4) is 0 Å². The van der Waals surface area contributed by atoms with Crippen LogP contribution in [0.25, 0.3) is 10.1 Å². The maximum atomic E-state index is 13.4. The Hall–Kier alpha value is -1.87. The van der Waals surface area contributed by atoms with Gasteiger partial charge < -0.3 is 4.74 Å². The maximum Gasteiger partial charge on any atom is 0.165 e. The van der Waals surface area contributed by atoms with Crippen molar-refractivity contribution in [3.8, 4) is 5.75 Å². The molecule has 90 valence electrons. The van der Waals surface area contributed by atoms with Gasteiger partial charge in [0.15, 0.2) is 11.6 Å². The zero-order valence-corrected chi connectivity index (χ0v) is 10.4. The molecule has 0 aliphatic heterocycles. The zero-order chi connectivity index (χ0) is 12.4. The highest BCUT2D eigenvalue weighted by molar-refractivity contribution is 7.19. The molecule has 0 unspecified atom stereocenters. The van der Waals surface area contributed by atoms with Crippen molar-refractivity contribution >= 4 is 21.4 Å². The highest BCUT2D eigenvalue weighted by Gasteiger charge is 2.04. The van der Waals surface area contributed by atoms with E-state index in [1.54, 1.807) is 29.5 Å². The summed E-state index contributed by atoms with van der Waals surface area (Å²) in [6.07, 6.45) is 0. The lowest BCUT2D eigenvalue weighted by atomic mass is 10.2. The van der Waals surface area contributed by atoms with E-state index in [0.717, 1.165) is 4.88 Å². The topological polar surface area (TPSA) is 9.23 Å². The zero-order valence-electron chi connectivity index (χ0n) is 9.60. The molecule has 3 rings (SSSR count). The van der Waals surface area contributed by atoms with E-state index < -0.39 is 0 Å². The molecule has 2 aromatic carbocycles. The molecular formula is C15H11FOS. The number of thiophene rings is 1. The molecule has 0 atom stereocenters. The molecule has 1 heterocycles. The fourth-order valence-electron chi connectivity index (χ4n) is 1.82. The number of rotatable bonds is 3. The van der Waals surface area contributed by atoms with Gasteiger partial charge >= 0.3 is 0 Å². The van der Waals surface area contributed by atoms with Crippen molar-refractivity contribution in [2.75, 3.05) is 0 Å². The summed E-state index contributed by atoms with van der Waals surface area (Å²) in [5.74, 6) is -0.0198. The fourth-order valence-corrected chi connectivity index (χ4v) is 2.80. The van der Waals surface area contributed by atoms with Gasteiger partial charge in [-0.15, -0.1) is 11.3 Å². The van der Waals surface area contributed by atoms with Gasteiger partial charge in [-0.3, -0.25) is 0 Å². The van der Waals surface area contributed by atoms with Gasteiger partial charge in [0.25, 0.3) is 0 Å². The van der Waals surface area contributed by atoms with Crippen molar-refractivity contribution in [1.29, 1.82) is 0 Å². The van der Waals surface area contributed by atoms with E-state index >= 15 is 0 Å². The largest absolute Gasteiger partial charge is 0.485 e. The summed E-state index contributed by atoms with van der Waals surface area (Å²) in [6.45, 7) is 0.403. The van der Waals surface area contributed by atoms with Crippen LogP contribution in [0.4, 0.5) is 4.39 Å². The second-order valence-corrected chi connectivity index (χ2v) is 5.14. The number of fused-ring (bicyclic) bond motifs is 1. The molecule has 3 aromatic rings. The van der Waals surface area contributed by atoms with Crippen LogP contribution in [0.5, 0.6) is 5.75 Å². The van der Waals surface area contributed by atoms with Crippen LogP contribution in [0.15, 0.2) is 54.6 Å². The van der Waals surface area contributed by atoms with Crippen molar-refractivity contribution in [2.45, 2.75) is 6.61 Å². The lowest BCUT2D eigenvalue weighted by molar-refractivity contribution is 0.293. The summed E-state index contributed by atoms with van der Waals surface area (Å²) >= 11 is 1.67. The van der Waals surface area contributed by atoms with Gasteiger partial charge in [0, 0.05) is 9.58 Å². The molecule has 1 nitrogen and oxygen atoms in total. The Balaban J connectivity index is 1.79. The highest BCUT2D eigenvalue weighted by Crippen LogP contribution is 2.26. The number of hydrogen-bond acceptors (Lipinski definition) is 2. The van der Waals surface area contributed by atoms with Crippen molar-refractivity contribution < 1.29 is 9.13 Å². The first kappa shape index (κ1) is 11.2. The molecule has 0 bridgehead atoms. The summed E-state index contributed by atoms with van der Waals surface area (Å²) in [5, 5.41) is 1.20. The van der Waals surface area contributed by atoms with E-state index in [1.165, 1.54) is 16.2 Å². The number of halogens is 1. The quantitative estimate of drug-likeness (QED) is 0.666. The van der Waals surface area contributed by atoms with Crippen molar-refractivity contribution in [1.82, 2.24) is 0 Å². The van der Waals surface area contributed by atoms with Gasteiger partial charge in [-0.05, 0) is 29.7 Å². The Morgan fingerprint density at radius 3 is 2.61 bits per heavy atom. The Kier molecular flexibility index (Phi) is 2.99. The molecule has 18 heavy (non-hydrogen) atoms. The SMILES string of the molecule is Fc1ccccc1OCc1cc2ccccc2s1. The number of hydrogen-bond donors (Lipinski definition) is 0. The van der Waals surface area contributed by atoms with Gasteiger partial charge in [-0.25, -0.2) is 4.39 Å². The van der Waals surface area contributed by atoms with Crippen LogP contribution in [-0.2, 0) is 6.61 Å². The molecule has 0 radical (unpaired) electrons. The monoisotopic (exact) mass is 258 g/mol. The summed E-state index contributed by atoms with van der Waals surface area (Å²) in [4.78, 5) is 1.10. The van der Waals surface area contributed by atoms with E-state index in [1.807, 2.05) is 12.1 Å². The van der Waals surface area contributed by atoms with Crippen LogP contribution in [0.2, 0.25) is 0 Å². The van der Waals surface area contributed by atoms with Gasteiger partial charge in [0.2, 0.25) is 0 Å². The predicted octanol–water partition coefficient (Wildman–Crippen LogP) is 4.62. The lowest BCUT2D eigenvalue weighted by Crippen LogP contribution is -1.94.